The van der Waals surface area contributed by atoms with E-state index in [-0.39, 0.29) is 28.0 Å². The first kappa shape index (κ1) is 10.9. The van der Waals surface area contributed by atoms with Crippen molar-refractivity contribution in [3.63, 3.8) is 0 Å². The number of ketones is 1. The van der Waals surface area contributed by atoms with Gasteiger partial charge in [-0.25, -0.2) is 0 Å². The summed E-state index contributed by atoms with van der Waals surface area (Å²) in [5.41, 5.74) is 0.233. The molecule has 4 heteroatoms. The van der Waals surface area contributed by atoms with Gasteiger partial charge in [0.1, 0.15) is 0 Å². The Kier molecular flexibility index (Phi) is 3.01. The monoisotopic (exact) mass is 214 g/mol. The number of benzene rings is 1. The first-order chi connectivity index (χ1) is 6.45. The highest BCUT2D eigenvalue weighted by Gasteiger charge is 2.18. The van der Waals surface area contributed by atoms with Gasteiger partial charge in [-0.1, -0.05) is 25.4 Å². The van der Waals surface area contributed by atoms with E-state index in [0.29, 0.717) is 0 Å². The quantitative estimate of drug-likeness (QED) is 0.588. The van der Waals surface area contributed by atoms with E-state index in [1.54, 1.807) is 13.8 Å². The molecule has 0 saturated heterocycles. The molecule has 0 aliphatic heterocycles. The molecule has 0 aromatic heterocycles. The lowest BCUT2D eigenvalue weighted by Crippen LogP contribution is -2.07. The molecule has 0 heterocycles. The molecule has 0 saturated carbocycles. The van der Waals surface area contributed by atoms with E-state index >= 15 is 0 Å². The zero-order valence-corrected chi connectivity index (χ0v) is 8.67. The second kappa shape index (κ2) is 3.88. The summed E-state index contributed by atoms with van der Waals surface area (Å²) in [6, 6.07) is 2.65. The zero-order chi connectivity index (χ0) is 10.9. The molecule has 0 aliphatic carbocycles. The second-order valence-corrected chi connectivity index (χ2v) is 3.69. The van der Waals surface area contributed by atoms with Crippen molar-refractivity contribution in [1.29, 1.82) is 0 Å². The van der Waals surface area contributed by atoms with E-state index in [1.165, 1.54) is 12.1 Å². The topological polar surface area (TPSA) is 57.5 Å². The molecule has 1 aromatic carbocycles. The summed E-state index contributed by atoms with van der Waals surface area (Å²) in [6.45, 7) is 3.48. The number of phenolic OH excluding ortho intramolecular Hbond substituents is 2. The van der Waals surface area contributed by atoms with Crippen LogP contribution >= 0.6 is 11.6 Å². The van der Waals surface area contributed by atoms with Gasteiger partial charge in [0, 0.05) is 11.5 Å². The van der Waals surface area contributed by atoms with Crippen LogP contribution in [0.5, 0.6) is 11.5 Å². The molecule has 14 heavy (non-hydrogen) atoms. The van der Waals surface area contributed by atoms with Gasteiger partial charge in [-0.05, 0) is 12.1 Å². The van der Waals surface area contributed by atoms with Gasteiger partial charge in [0.05, 0.1) is 5.02 Å². The summed E-state index contributed by atoms with van der Waals surface area (Å²) in [6.07, 6.45) is 0. The van der Waals surface area contributed by atoms with Gasteiger partial charge in [-0.3, -0.25) is 4.79 Å². The van der Waals surface area contributed by atoms with Gasteiger partial charge < -0.3 is 10.2 Å². The SMILES string of the molecule is CC(C)C(=O)c1ccc(O)c(O)c1Cl. The highest BCUT2D eigenvalue weighted by molar-refractivity contribution is 6.35. The molecule has 1 rings (SSSR count). The average molecular weight is 215 g/mol. The average Bonchev–Trinajstić information content (AvgIpc) is 2.13. The van der Waals surface area contributed by atoms with E-state index in [1.807, 2.05) is 0 Å². The lowest BCUT2D eigenvalue weighted by molar-refractivity contribution is 0.0939. The fourth-order valence-electron chi connectivity index (χ4n) is 1.06. The summed E-state index contributed by atoms with van der Waals surface area (Å²) in [5, 5.41) is 18.3. The third kappa shape index (κ3) is 1.82. The van der Waals surface area contributed by atoms with Crippen LogP contribution in [0.4, 0.5) is 0 Å². The predicted molar refractivity (Wildman–Crippen MR) is 54.0 cm³/mol. The maximum Gasteiger partial charge on any atom is 0.177 e. The Labute approximate surface area is 86.9 Å². The van der Waals surface area contributed by atoms with Crippen LogP contribution in [0, 0.1) is 5.92 Å². The van der Waals surface area contributed by atoms with Crippen LogP contribution in [0.15, 0.2) is 12.1 Å². The summed E-state index contributed by atoms with van der Waals surface area (Å²) in [4.78, 5) is 11.6. The van der Waals surface area contributed by atoms with Gasteiger partial charge in [0.2, 0.25) is 0 Å². The number of phenols is 2. The van der Waals surface area contributed by atoms with Crippen molar-refractivity contribution in [2.45, 2.75) is 13.8 Å². The van der Waals surface area contributed by atoms with Gasteiger partial charge in [0.25, 0.3) is 0 Å². The maximum absolute atomic E-state index is 11.6. The number of hydrogen-bond donors (Lipinski definition) is 2. The van der Waals surface area contributed by atoms with Crippen molar-refractivity contribution >= 4 is 17.4 Å². The van der Waals surface area contributed by atoms with Gasteiger partial charge in [0.15, 0.2) is 17.3 Å². The first-order valence-corrected chi connectivity index (χ1v) is 4.57. The number of halogens is 1. The summed E-state index contributed by atoms with van der Waals surface area (Å²) >= 11 is 5.71. The molecule has 1 aromatic rings. The normalized spacial score (nSPS) is 10.6. The van der Waals surface area contributed by atoms with E-state index in [9.17, 15) is 9.90 Å². The fourth-order valence-corrected chi connectivity index (χ4v) is 1.31. The van der Waals surface area contributed by atoms with Gasteiger partial charge in [-0.15, -0.1) is 0 Å². The molecule has 0 spiro atoms. The van der Waals surface area contributed by atoms with Gasteiger partial charge in [-0.2, -0.15) is 0 Å². The molecule has 2 N–H and O–H groups in total. The Hall–Kier alpha value is -1.22. The van der Waals surface area contributed by atoms with Crippen LogP contribution in [0.3, 0.4) is 0 Å². The number of Topliss-reactive ketones (excluding diaryl/α,β-unsaturated/α-hetero) is 1. The number of hydrogen-bond acceptors (Lipinski definition) is 3. The van der Waals surface area contributed by atoms with Crippen LogP contribution in [0.25, 0.3) is 0 Å². The third-order valence-corrected chi connectivity index (χ3v) is 2.27. The highest BCUT2D eigenvalue weighted by atomic mass is 35.5. The molecule has 0 bridgehead atoms. The summed E-state index contributed by atoms with van der Waals surface area (Å²) in [5.74, 6) is -1.13. The van der Waals surface area contributed by atoms with Crippen molar-refractivity contribution in [2.75, 3.05) is 0 Å². The van der Waals surface area contributed by atoms with Crippen molar-refractivity contribution < 1.29 is 15.0 Å². The lowest BCUT2D eigenvalue weighted by Gasteiger charge is -2.08. The largest absolute Gasteiger partial charge is 0.504 e. The number of carbonyl (C=O) groups is 1. The molecular weight excluding hydrogens is 204 g/mol. The van der Waals surface area contributed by atoms with Crippen molar-refractivity contribution in [3.8, 4) is 11.5 Å². The van der Waals surface area contributed by atoms with Crippen LogP contribution < -0.4 is 0 Å². The van der Waals surface area contributed by atoms with Crippen LogP contribution in [0.2, 0.25) is 5.02 Å². The molecule has 0 fully saturated rings. The van der Waals surface area contributed by atoms with E-state index in [0.717, 1.165) is 0 Å². The number of aromatic hydroxyl groups is 2. The molecule has 3 nitrogen and oxygen atoms in total. The third-order valence-electron chi connectivity index (χ3n) is 1.88. The molecule has 0 radical (unpaired) electrons. The molecule has 0 aliphatic rings. The lowest BCUT2D eigenvalue weighted by atomic mass is 10.0. The van der Waals surface area contributed by atoms with Crippen LogP contribution in [0.1, 0.15) is 24.2 Å². The van der Waals surface area contributed by atoms with Gasteiger partial charge >= 0.3 is 0 Å². The Balaban J connectivity index is 3.24. The van der Waals surface area contributed by atoms with Crippen LogP contribution in [-0.2, 0) is 0 Å². The predicted octanol–water partition coefficient (Wildman–Crippen LogP) is 2.59. The van der Waals surface area contributed by atoms with Crippen molar-refractivity contribution in [2.24, 2.45) is 5.92 Å². The molecular formula is C10H11ClO3. The highest BCUT2D eigenvalue weighted by Crippen LogP contribution is 2.36. The zero-order valence-electron chi connectivity index (χ0n) is 7.91. The first-order valence-electron chi connectivity index (χ1n) is 4.19. The second-order valence-electron chi connectivity index (χ2n) is 3.31. The van der Waals surface area contributed by atoms with Crippen LogP contribution in [-0.4, -0.2) is 16.0 Å². The Morgan fingerprint density at radius 2 is 1.93 bits per heavy atom. The molecule has 0 atom stereocenters. The Morgan fingerprint density at radius 3 is 2.43 bits per heavy atom. The fraction of sp³-hybridized carbons (Fsp3) is 0.300. The molecule has 76 valence electrons. The minimum Gasteiger partial charge on any atom is -0.504 e. The maximum atomic E-state index is 11.6. The van der Waals surface area contributed by atoms with Crippen molar-refractivity contribution in [1.82, 2.24) is 0 Å². The smallest absolute Gasteiger partial charge is 0.177 e. The summed E-state index contributed by atoms with van der Waals surface area (Å²) < 4.78 is 0. The van der Waals surface area contributed by atoms with E-state index in [2.05, 4.69) is 0 Å². The Morgan fingerprint density at radius 1 is 1.36 bits per heavy atom. The number of rotatable bonds is 2. The molecule has 0 unspecified atom stereocenters. The Bertz CT molecular complexity index is 372. The summed E-state index contributed by atoms with van der Waals surface area (Å²) in [7, 11) is 0. The standard InChI is InChI=1S/C10H11ClO3/c1-5(2)9(13)6-3-4-7(12)10(14)8(6)11/h3-5,12,14H,1-2H3. The molecule has 0 amide bonds. The van der Waals surface area contributed by atoms with E-state index < -0.39 is 5.75 Å². The van der Waals surface area contributed by atoms with E-state index in [4.69, 9.17) is 16.7 Å². The minimum atomic E-state index is -0.446. The van der Waals surface area contributed by atoms with Crippen molar-refractivity contribution in [3.05, 3.63) is 22.7 Å². The minimum absolute atomic E-state index is 0.0938. The number of carbonyl (C=O) groups excluding carboxylic acids is 1.